The summed E-state index contributed by atoms with van der Waals surface area (Å²) < 4.78 is 5.28. The van der Waals surface area contributed by atoms with Crippen LogP contribution in [-0.2, 0) is 4.79 Å². The van der Waals surface area contributed by atoms with Crippen molar-refractivity contribution < 1.29 is 9.53 Å². The zero-order valence-corrected chi connectivity index (χ0v) is 13.8. The SMILES string of the molecule is COc1ccc2ncc(Cl)c(NCC3(C(N)=O)CCCC3)c2c1. The van der Waals surface area contributed by atoms with Crippen molar-refractivity contribution in [3.8, 4) is 5.75 Å². The summed E-state index contributed by atoms with van der Waals surface area (Å²) in [7, 11) is 1.62. The van der Waals surface area contributed by atoms with Crippen LogP contribution in [0.5, 0.6) is 5.75 Å². The van der Waals surface area contributed by atoms with Crippen molar-refractivity contribution in [3.63, 3.8) is 0 Å². The maximum Gasteiger partial charge on any atom is 0.225 e. The minimum Gasteiger partial charge on any atom is -0.497 e. The molecule has 0 saturated heterocycles. The highest BCUT2D eigenvalue weighted by molar-refractivity contribution is 6.34. The molecule has 5 nitrogen and oxygen atoms in total. The summed E-state index contributed by atoms with van der Waals surface area (Å²) >= 11 is 6.33. The van der Waals surface area contributed by atoms with Gasteiger partial charge < -0.3 is 15.8 Å². The highest BCUT2D eigenvalue weighted by Crippen LogP contribution is 2.39. The van der Waals surface area contributed by atoms with Gasteiger partial charge in [0.2, 0.25) is 5.91 Å². The number of fused-ring (bicyclic) bond motifs is 1. The average molecular weight is 334 g/mol. The van der Waals surface area contributed by atoms with Crippen molar-refractivity contribution in [2.24, 2.45) is 11.1 Å². The van der Waals surface area contributed by atoms with E-state index >= 15 is 0 Å². The minimum atomic E-state index is -0.488. The maximum atomic E-state index is 11.9. The number of nitrogens with one attached hydrogen (secondary N) is 1. The Kier molecular flexibility index (Phi) is 4.31. The van der Waals surface area contributed by atoms with E-state index in [1.165, 1.54) is 0 Å². The maximum absolute atomic E-state index is 11.9. The number of halogens is 1. The molecule has 1 aliphatic carbocycles. The van der Waals surface area contributed by atoms with E-state index in [9.17, 15) is 4.79 Å². The highest BCUT2D eigenvalue weighted by Gasteiger charge is 2.39. The topological polar surface area (TPSA) is 77.2 Å². The molecule has 0 atom stereocenters. The lowest BCUT2D eigenvalue weighted by Gasteiger charge is -2.26. The summed E-state index contributed by atoms with van der Waals surface area (Å²) in [6.07, 6.45) is 5.31. The van der Waals surface area contributed by atoms with E-state index in [2.05, 4.69) is 10.3 Å². The molecule has 1 fully saturated rings. The van der Waals surface area contributed by atoms with E-state index in [0.29, 0.717) is 11.6 Å². The van der Waals surface area contributed by atoms with Gasteiger partial charge in [-0.25, -0.2) is 0 Å². The van der Waals surface area contributed by atoms with Crippen molar-refractivity contribution in [1.29, 1.82) is 0 Å². The molecule has 23 heavy (non-hydrogen) atoms. The lowest BCUT2D eigenvalue weighted by molar-refractivity contribution is -0.126. The summed E-state index contributed by atoms with van der Waals surface area (Å²) in [5.74, 6) is 0.490. The molecule has 1 saturated carbocycles. The van der Waals surface area contributed by atoms with Crippen LogP contribution < -0.4 is 15.8 Å². The van der Waals surface area contributed by atoms with Crippen molar-refractivity contribution in [1.82, 2.24) is 4.98 Å². The predicted octanol–water partition coefficient (Wildman–Crippen LogP) is 3.35. The second-order valence-electron chi connectivity index (χ2n) is 6.07. The number of benzene rings is 1. The Morgan fingerprint density at radius 2 is 2.17 bits per heavy atom. The van der Waals surface area contributed by atoms with E-state index in [0.717, 1.165) is 48.0 Å². The van der Waals surface area contributed by atoms with Gasteiger partial charge in [-0.3, -0.25) is 9.78 Å². The number of amides is 1. The molecule has 1 amide bonds. The Hall–Kier alpha value is -2.01. The zero-order chi connectivity index (χ0) is 16.4. The summed E-state index contributed by atoms with van der Waals surface area (Å²) in [4.78, 5) is 16.2. The Bertz CT molecular complexity index is 742. The van der Waals surface area contributed by atoms with Gasteiger partial charge in [0, 0.05) is 18.1 Å². The zero-order valence-electron chi connectivity index (χ0n) is 13.1. The molecule has 0 spiro atoms. The summed E-state index contributed by atoms with van der Waals surface area (Å²) in [5, 5.41) is 4.73. The highest BCUT2D eigenvalue weighted by atomic mass is 35.5. The lowest BCUT2D eigenvalue weighted by Crippen LogP contribution is -2.40. The number of methoxy groups -OCH3 is 1. The number of aromatic nitrogens is 1. The van der Waals surface area contributed by atoms with Gasteiger partial charge in [-0.05, 0) is 31.0 Å². The van der Waals surface area contributed by atoms with Crippen LogP contribution in [0.1, 0.15) is 25.7 Å². The molecule has 3 N–H and O–H groups in total. The van der Waals surface area contributed by atoms with Crippen LogP contribution in [-0.4, -0.2) is 24.5 Å². The molecule has 0 unspecified atom stereocenters. The first-order valence-electron chi connectivity index (χ1n) is 7.72. The molecule has 2 aromatic rings. The van der Waals surface area contributed by atoms with E-state index in [4.69, 9.17) is 22.1 Å². The van der Waals surface area contributed by atoms with Crippen LogP contribution in [0, 0.1) is 5.41 Å². The van der Waals surface area contributed by atoms with Crippen molar-refractivity contribution >= 4 is 34.1 Å². The number of ether oxygens (including phenoxy) is 1. The molecule has 1 aliphatic rings. The molecule has 3 rings (SSSR count). The van der Waals surface area contributed by atoms with E-state index in [1.54, 1.807) is 13.3 Å². The van der Waals surface area contributed by atoms with Gasteiger partial charge in [0.25, 0.3) is 0 Å². The molecule has 1 aromatic carbocycles. The van der Waals surface area contributed by atoms with Gasteiger partial charge in [-0.2, -0.15) is 0 Å². The van der Waals surface area contributed by atoms with Crippen LogP contribution in [0.3, 0.4) is 0 Å². The Morgan fingerprint density at radius 1 is 1.43 bits per heavy atom. The van der Waals surface area contributed by atoms with Crippen molar-refractivity contribution in [2.45, 2.75) is 25.7 Å². The standard InChI is InChI=1S/C17H20ClN3O2/c1-23-11-4-5-14-12(8-11)15(13(18)9-20-14)21-10-17(16(19)22)6-2-3-7-17/h4-5,8-9H,2-3,6-7,10H2,1H3,(H2,19,22)(H,20,21). The number of anilines is 1. The van der Waals surface area contributed by atoms with Gasteiger partial charge in [-0.15, -0.1) is 0 Å². The number of primary amides is 1. The molecule has 122 valence electrons. The Morgan fingerprint density at radius 3 is 2.83 bits per heavy atom. The molecule has 1 heterocycles. The van der Waals surface area contributed by atoms with Crippen LogP contribution >= 0.6 is 11.6 Å². The lowest BCUT2D eigenvalue weighted by atomic mass is 9.85. The fraction of sp³-hybridized carbons (Fsp3) is 0.412. The third-order valence-electron chi connectivity index (χ3n) is 4.72. The number of nitrogens with zero attached hydrogens (tertiary/aromatic N) is 1. The molecule has 0 bridgehead atoms. The second-order valence-corrected chi connectivity index (χ2v) is 6.48. The first-order valence-corrected chi connectivity index (χ1v) is 8.09. The molecule has 1 aromatic heterocycles. The van der Waals surface area contributed by atoms with Gasteiger partial charge in [0.1, 0.15) is 5.75 Å². The fourth-order valence-corrected chi connectivity index (χ4v) is 3.49. The number of carbonyl (C=O) groups excluding carboxylic acids is 1. The van der Waals surface area contributed by atoms with Crippen LogP contribution in [0.15, 0.2) is 24.4 Å². The Balaban J connectivity index is 1.95. The smallest absolute Gasteiger partial charge is 0.225 e. The van der Waals surface area contributed by atoms with Gasteiger partial charge >= 0.3 is 0 Å². The molecule has 6 heteroatoms. The van der Waals surface area contributed by atoms with E-state index < -0.39 is 5.41 Å². The largest absolute Gasteiger partial charge is 0.497 e. The second kappa shape index (κ2) is 6.24. The first-order chi connectivity index (χ1) is 11.1. The predicted molar refractivity (Wildman–Crippen MR) is 91.9 cm³/mol. The van der Waals surface area contributed by atoms with Gasteiger partial charge in [0.15, 0.2) is 0 Å². The fourth-order valence-electron chi connectivity index (χ4n) is 3.27. The van der Waals surface area contributed by atoms with Crippen LogP contribution in [0.25, 0.3) is 10.9 Å². The number of pyridine rings is 1. The third kappa shape index (κ3) is 2.93. The van der Waals surface area contributed by atoms with E-state index in [1.807, 2.05) is 18.2 Å². The monoisotopic (exact) mass is 333 g/mol. The number of nitrogens with two attached hydrogens (primary N) is 1. The Labute approximate surface area is 140 Å². The third-order valence-corrected chi connectivity index (χ3v) is 5.00. The number of hydrogen-bond donors (Lipinski definition) is 2. The van der Waals surface area contributed by atoms with Gasteiger partial charge in [-0.1, -0.05) is 24.4 Å². The first kappa shape index (κ1) is 15.9. The average Bonchev–Trinajstić information content (AvgIpc) is 3.03. The van der Waals surface area contributed by atoms with E-state index in [-0.39, 0.29) is 5.91 Å². The van der Waals surface area contributed by atoms with Crippen molar-refractivity contribution in [2.75, 3.05) is 19.0 Å². The normalized spacial score (nSPS) is 16.4. The summed E-state index contributed by atoms with van der Waals surface area (Å²) in [6, 6.07) is 5.63. The summed E-state index contributed by atoms with van der Waals surface area (Å²) in [5.41, 5.74) is 6.74. The molecule has 0 radical (unpaired) electrons. The molecule has 0 aliphatic heterocycles. The molecular formula is C17H20ClN3O2. The number of rotatable bonds is 5. The van der Waals surface area contributed by atoms with Crippen molar-refractivity contribution in [3.05, 3.63) is 29.4 Å². The van der Waals surface area contributed by atoms with Gasteiger partial charge in [0.05, 0.1) is 28.8 Å². The quantitative estimate of drug-likeness (QED) is 0.879. The van der Waals surface area contributed by atoms with Crippen LogP contribution in [0.4, 0.5) is 5.69 Å². The number of carbonyl (C=O) groups is 1. The van der Waals surface area contributed by atoms with Crippen LogP contribution in [0.2, 0.25) is 5.02 Å². The summed E-state index contributed by atoms with van der Waals surface area (Å²) in [6.45, 7) is 0.485. The minimum absolute atomic E-state index is 0.241. The number of hydrogen-bond acceptors (Lipinski definition) is 4. The molecular weight excluding hydrogens is 314 g/mol.